The summed E-state index contributed by atoms with van der Waals surface area (Å²) < 4.78 is 10.3. The molecule has 0 spiro atoms. The summed E-state index contributed by atoms with van der Waals surface area (Å²) in [6, 6.07) is 7.18. The number of esters is 1. The predicted octanol–water partition coefficient (Wildman–Crippen LogP) is 2.41. The summed E-state index contributed by atoms with van der Waals surface area (Å²) in [4.78, 5) is 23.9. The summed E-state index contributed by atoms with van der Waals surface area (Å²) >= 11 is 0. The Morgan fingerprint density at radius 1 is 1.26 bits per heavy atom. The first-order chi connectivity index (χ1) is 8.99. The van der Waals surface area contributed by atoms with Crippen LogP contribution in [-0.4, -0.2) is 24.5 Å². The quantitative estimate of drug-likeness (QED) is 0.616. The van der Waals surface area contributed by atoms with Crippen LogP contribution in [0.25, 0.3) is 0 Å². The fourth-order valence-electron chi connectivity index (χ4n) is 1.79. The fraction of sp³-hybridized carbons (Fsp3) is 0.333. The van der Waals surface area contributed by atoms with E-state index < -0.39 is 5.97 Å². The molecule has 1 heterocycles. The Morgan fingerprint density at radius 2 is 1.89 bits per heavy atom. The molecule has 0 bridgehead atoms. The lowest BCUT2D eigenvalue weighted by Crippen LogP contribution is -2.12. The maximum atomic E-state index is 12.3. The number of carbonyl (C=O) groups is 2. The molecule has 1 aliphatic heterocycles. The maximum absolute atomic E-state index is 12.3. The lowest BCUT2D eigenvalue weighted by Gasteiger charge is -2.09. The van der Waals surface area contributed by atoms with Gasteiger partial charge in [-0.15, -0.1) is 0 Å². The van der Waals surface area contributed by atoms with Gasteiger partial charge >= 0.3 is 5.97 Å². The van der Waals surface area contributed by atoms with Crippen LogP contribution in [0.4, 0.5) is 0 Å². The highest BCUT2D eigenvalue weighted by molar-refractivity contribution is 6.14. The SMILES string of the molecule is Cc1ccc(C(=O)C2=C(OC(C)C)C(=O)OC2)cc1. The largest absolute Gasteiger partial charge is 0.483 e. The number of hydrogen-bond acceptors (Lipinski definition) is 4. The van der Waals surface area contributed by atoms with Gasteiger partial charge in [-0.2, -0.15) is 0 Å². The lowest BCUT2D eigenvalue weighted by atomic mass is 10.0. The average molecular weight is 260 g/mol. The Balaban J connectivity index is 2.33. The van der Waals surface area contributed by atoms with Gasteiger partial charge in [0.1, 0.15) is 6.61 Å². The van der Waals surface area contributed by atoms with Crippen molar-refractivity contribution in [3.63, 3.8) is 0 Å². The van der Waals surface area contributed by atoms with E-state index in [1.165, 1.54) is 0 Å². The first-order valence-electron chi connectivity index (χ1n) is 6.17. The Hall–Kier alpha value is -2.10. The van der Waals surface area contributed by atoms with Crippen LogP contribution in [0.5, 0.6) is 0 Å². The predicted molar refractivity (Wildman–Crippen MR) is 69.7 cm³/mol. The molecular weight excluding hydrogens is 244 g/mol. The van der Waals surface area contributed by atoms with Crippen molar-refractivity contribution in [2.45, 2.75) is 26.9 Å². The van der Waals surface area contributed by atoms with E-state index in [1.54, 1.807) is 26.0 Å². The summed E-state index contributed by atoms with van der Waals surface area (Å²) in [6.07, 6.45) is -0.179. The second-order valence-corrected chi connectivity index (χ2v) is 4.75. The van der Waals surface area contributed by atoms with Crippen molar-refractivity contribution >= 4 is 11.8 Å². The summed E-state index contributed by atoms with van der Waals surface area (Å²) in [5, 5.41) is 0. The van der Waals surface area contributed by atoms with Crippen LogP contribution in [0.3, 0.4) is 0 Å². The molecule has 0 saturated heterocycles. The molecule has 4 nitrogen and oxygen atoms in total. The molecule has 0 saturated carbocycles. The van der Waals surface area contributed by atoms with E-state index in [0.29, 0.717) is 11.1 Å². The van der Waals surface area contributed by atoms with Gasteiger partial charge in [0, 0.05) is 5.56 Å². The second-order valence-electron chi connectivity index (χ2n) is 4.75. The number of hydrogen-bond donors (Lipinski definition) is 0. The molecule has 19 heavy (non-hydrogen) atoms. The third-order valence-corrected chi connectivity index (χ3v) is 2.75. The summed E-state index contributed by atoms with van der Waals surface area (Å²) in [5.74, 6) is -0.744. The molecule has 0 atom stereocenters. The minimum absolute atomic E-state index is 0.0202. The zero-order valence-electron chi connectivity index (χ0n) is 11.2. The molecule has 0 N–H and O–H groups in total. The van der Waals surface area contributed by atoms with Crippen molar-refractivity contribution in [2.75, 3.05) is 6.61 Å². The summed E-state index contributed by atoms with van der Waals surface area (Å²) in [6.45, 7) is 5.52. The molecule has 100 valence electrons. The molecule has 0 amide bonds. The van der Waals surface area contributed by atoms with Gasteiger partial charge in [-0.25, -0.2) is 4.79 Å². The first kappa shape index (κ1) is 13.3. The highest BCUT2D eigenvalue weighted by atomic mass is 16.6. The van der Waals surface area contributed by atoms with Gasteiger partial charge in [0.25, 0.3) is 0 Å². The number of carbonyl (C=O) groups excluding carboxylic acids is 2. The van der Waals surface area contributed by atoms with E-state index in [9.17, 15) is 9.59 Å². The number of Topliss-reactive ketones (excluding diaryl/α,β-unsaturated/α-hetero) is 1. The lowest BCUT2D eigenvalue weighted by molar-refractivity contribution is -0.140. The van der Waals surface area contributed by atoms with E-state index in [4.69, 9.17) is 9.47 Å². The van der Waals surface area contributed by atoms with Crippen LogP contribution in [0.1, 0.15) is 29.8 Å². The van der Waals surface area contributed by atoms with E-state index >= 15 is 0 Å². The Bertz CT molecular complexity index is 538. The Morgan fingerprint density at radius 3 is 2.47 bits per heavy atom. The van der Waals surface area contributed by atoms with Gasteiger partial charge in [-0.3, -0.25) is 4.79 Å². The number of ether oxygens (including phenoxy) is 2. The van der Waals surface area contributed by atoms with E-state index in [-0.39, 0.29) is 24.3 Å². The monoisotopic (exact) mass is 260 g/mol. The van der Waals surface area contributed by atoms with Gasteiger partial charge in [-0.05, 0) is 20.8 Å². The average Bonchev–Trinajstić information content (AvgIpc) is 2.71. The number of aryl methyl sites for hydroxylation is 1. The molecule has 1 aromatic carbocycles. The van der Waals surface area contributed by atoms with Crippen molar-refractivity contribution in [3.8, 4) is 0 Å². The van der Waals surface area contributed by atoms with Crippen LogP contribution in [-0.2, 0) is 14.3 Å². The van der Waals surface area contributed by atoms with Crippen molar-refractivity contribution < 1.29 is 19.1 Å². The molecule has 0 unspecified atom stereocenters. The summed E-state index contributed by atoms with van der Waals surface area (Å²) in [7, 11) is 0. The number of benzene rings is 1. The molecule has 0 fully saturated rings. The van der Waals surface area contributed by atoms with Crippen molar-refractivity contribution in [3.05, 3.63) is 46.7 Å². The van der Waals surface area contributed by atoms with Crippen LogP contribution < -0.4 is 0 Å². The highest BCUT2D eigenvalue weighted by Crippen LogP contribution is 2.22. The first-order valence-corrected chi connectivity index (χ1v) is 6.17. The zero-order valence-corrected chi connectivity index (χ0v) is 11.2. The van der Waals surface area contributed by atoms with Crippen LogP contribution in [0, 0.1) is 6.92 Å². The van der Waals surface area contributed by atoms with Crippen LogP contribution in [0.15, 0.2) is 35.6 Å². The van der Waals surface area contributed by atoms with E-state index in [1.807, 2.05) is 19.1 Å². The van der Waals surface area contributed by atoms with Gasteiger partial charge < -0.3 is 9.47 Å². The third kappa shape index (κ3) is 2.84. The fourth-order valence-corrected chi connectivity index (χ4v) is 1.79. The summed E-state index contributed by atoms with van der Waals surface area (Å²) in [5.41, 5.74) is 1.90. The molecule has 0 radical (unpaired) electrons. The smallest absolute Gasteiger partial charge is 0.374 e. The third-order valence-electron chi connectivity index (χ3n) is 2.75. The minimum atomic E-state index is -0.566. The molecule has 0 aromatic heterocycles. The van der Waals surface area contributed by atoms with Gasteiger partial charge in [0.2, 0.25) is 5.76 Å². The maximum Gasteiger partial charge on any atom is 0.374 e. The van der Waals surface area contributed by atoms with E-state index in [0.717, 1.165) is 5.56 Å². The molecule has 4 heteroatoms. The molecule has 0 aliphatic carbocycles. The van der Waals surface area contributed by atoms with Gasteiger partial charge in [-0.1, -0.05) is 29.8 Å². The molecule has 1 aromatic rings. The Labute approximate surface area is 112 Å². The normalized spacial score (nSPS) is 14.8. The second kappa shape index (κ2) is 5.26. The van der Waals surface area contributed by atoms with Crippen molar-refractivity contribution in [1.29, 1.82) is 0 Å². The number of ketones is 1. The molecule has 2 rings (SSSR count). The van der Waals surface area contributed by atoms with Gasteiger partial charge in [0.15, 0.2) is 5.78 Å². The number of rotatable bonds is 4. The molecular formula is C15H16O4. The van der Waals surface area contributed by atoms with E-state index in [2.05, 4.69) is 0 Å². The Kier molecular flexibility index (Phi) is 3.69. The van der Waals surface area contributed by atoms with Gasteiger partial charge in [0.05, 0.1) is 11.7 Å². The topological polar surface area (TPSA) is 52.6 Å². The highest BCUT2D eigenvalue weighted by Gasteiger charge is 2.32. The van der Waals surface area contributed by atoms with Crippen molar-refractivity contribution in [2.24, 2.45) is 0 Å². The van der Waals surface area contributed by atoms with Crippen LogP contribution >= 0.6 is 0 Å². The van der Waals surface area contributed by atoms with Crippen molar-refractivity contribution in [1.82, 2.24) is 0 Å². The minimum Gasteiger partial charge on any atom is -0.483 e. The number of cyclic esters (lactones) is 1. The van der Waals surface area contributed by atoms with Crippen LogP contribution in [0.2, 0.25) is 0 Å². The standard InChI is InChI=1S/C15H16O4/c1-9(2)19-14-12(8-18-15(14)17)13(16)11-6-4-10(3)5-7-11/h4-7,9H,8H2,1-3H3. The zero-order chi connectivity index (χ0) is 14.0. The molecule has 1 aliphatic rings.